The standard InChI is InChI=1S/C19H24FN3OS/c1-3-21-19(23(2)15-16-8-7-9-17(20)14-16)22-12-13-25(24)18-10-5-4-6-11-18/h4-11,14H,3,12-13,15H2,1-2H3,(H,21,22). The van der Waals surface area contributed by atoms with Gasteiger partial charge in [0.05, 0.1) is 17.3 Å². The highest BCUT2D eigenvalue weighted by molar-refractivity contribution is 7.85. The summed E-state index contributed by atoms with van der Waals surface area (Å²) in [5.74, 6) is 0.940. The third kappa shape index (κ3) is 6.31. The van der Waals surface area contributed by atoms with E-state index in [2.05, 4.69) is 10.3 Å². The number of hydrogen-bond acceptors (Lipinski definition) is 2. The molecule has 1 atom stereocenters. The first-order chi connectivity index (χ1) is 12.1. The molecule has 0 fully saturated rings. The fraction of sp³-hybridized carbons (Fsp3) is 0.316. The first-order valence-corrected chi connectivity index (χ1v) is 9.59. The van der Waals surface area contributed by atoms with Crippen molar-refractivity contribution in [1.82, 2.24) is 10.2 Å². The lowest BCUT2D eigenvalue weighted by atomic mass is 10.2. The molecule has 25 heavy (non-hydrogen) atoms. The molecule has 0 bridgehead atoms. The van der Waals surface area contributed by atoms with Crippen LogP contribution >= 0.6 is 0 Å². The lowest BCUT2D eigenvalue weighted by molar-refractivity contribution is 0.475. The van der Waals surface area contributed by atoms with Crippen LogP contribution in [0.2, 0.25) is 0 Å². The van der Waals surface area contributed by atoms with E-state index in [-0.39, 0.29) is 5.82 Å². The van der Waals surface area contributed by atoms with Gasteiger partial charge in [0.15, 0.2) is 5.96 Å². The van der Waals surface area contributed by atoms with Gasteiger partial charge in [-0.15, -0.1) is 0 Å². The molecule has 6 heteroatoms. The van der Waals surface area contributed by atoms with Crippen LogP contribution in [0.1, 0.15) is 12.5 Å². The van der Waals surface area contributed by atoms with Gasteiger partial charge < -0.3 is 10.2 Å². The number of aliphatic imine (C=N–C) groups is 1. The Morgan fingerprint density at radius 2 is 1.96 bits per heavy atom. The summed E-state index contributed by atoms with van der Waals surface area (Å²) < 4.78 is 25.6. The molecule has 2 aromatic carbocycles. The smallest absolute Gasteiger partial charge is 0.193 e. The summed E-state index contributed by atoms with van der Waals surface area (Å²) in [5, 5.41) is 3.21. The van der Waals surface area contributed by atoms with Crippen LogP contribution < -0.4 is 5.32 Å². The largest absolute Gasteiger partial charge is 0.357 e. The van der Waals surface area contributed by atoms with Gasteiger partial charge in [-0.3, -0.25) is 9.20 Å². The maximum atomic E-state index is 13.3. The van der Waals surface area contributed by atoms with Gasteiger partial charge in [0.2, 0.25) is 0 Å². The van der Waals surface area contributed by atoms with Gasteiger partial charge in [-0.25, -0.2) is 4.39 Å². The quantitative estimate of drug-likeness (QED) is 0.609. The molecule has 0 aliphatic heterocycles. The van der Waals surface area contributed by atoms with Crippen molar-refractivity contribution >= 4 is 16.8 Å². The minimum atomic E-state index is -1.06. The molecule has 0 heterocycles. The summed E-state index contributed by atoms with van der Waals surface area (Å²) in [6.45, 7) is 3.73. The van der Waals surface area contributed by atoms with E-state index in [0.29, 0.717) is 18.8 Å². The fourth-order valence-corrected chi connectivity index (χ4v) is 3.33. The predicted octanol–water partition coefficient (Wildman–Crippen LogP) is 3.03. The topological polar surface area (TPSA) is 44.7 Å². The average Bonchev–Trinajstić information content (AvgIpc) is 2.61. The van der Waals surface area contributed by atoms with E-state index in [4.69, 9.17) is 0 Å². The first-order valence-electron chi connectivity index (χ1n) is 8.27. The molecule has 0 spiro atoms. The van der Waals surface area contributed by atoms with E-state index in [1.54, 1.807) is 6.07 Å². The minimum Gasteiger partial charge on any atom is -0.357 e. The molecule has 0 aliphatic rings. The van der Waals surface area contributed by atoms with Crippen LogP contribution in [0.3, 0.4) is 0 Å². The van der Waals surface area contributed by atoms with Crippen molar-refractivity contribution in [1.29, 1.82) is 0 Å². The van der Waals surface area contributed by atoms with Gasteiger partial charge in [-0.1, -0.05) is 30.3 Å². The van der Waals surface area contributed by atoms with Gasteiger partial charge in [0.1, 0.15) is 5.82 Å². The molecule has 0 aromatic heterocycles. The van der Waals surface area contributed by atoms with Crippen molar-refractivity contribution in [3.63, 3.8) is 0 Å². The van der Waals surface area contributed by atoms with E-state index in [0.717, 1.165) is 23.0 Å². The summed E-state index contributed by atoms with van der Waals surface area (Å²) in [5.41, 5.74) is 0.876. The summed E-state index contributed by atoms with van der Waals surface area (Å²) in [4.78, 5) is 7.29. The third-order valence-corrected chi connectivity index (χ3v) is 4.90. The maximum absolute atomic E-state index is 13.3. The van der Waals surface area contributed by atoms with Crippen molar-refractivity contribution in [2.24, 2.45) is 4.99 Å². The monoisotopic (exact) mass is 361 g/mol. The van der Waals surface area contributed by atoms with E-state index >= 15 is 0 Å². The molecular weight excluding hydrogens is 337 g/mol. The molecule has 0 radical (unpaired) electrons. The minimum absolute atomic E-state index is 0.244. The van der Waals surface area contributed by atoms with E-state index in [1.165, 1.54) is 12.1 Å². The van der Waals surface area contributed by atoms with E-state index < -0.39 is 10.8 Å². The van der Waals surface area contributed by atoms with Crippen molar-refractivity contribution < 1.29 is 8.60 Å². The Bertz CT molecular complexity index is 722. The highest BCUT2D eigenvalue weighted by Gasteiger charge is 2.08. The van der Waals surface area contributed by atoms with Crippen LogP contribution in [-0.4, -0.2) is 41.0 Å². The number of nitrogens with one attached hydrogen (secondary N) is 1. The number of nitrogens with zero attached hydrogens (tertiary/aromatic N) is 2. The Morgan fingerprint density at radius 3 is 2.64 bits per heavy atom. The Morgan fingerprint density at radius 1 is 1.20 bits per heavy atom. The van der Waals surface area contributed by atoms with Gasteiger partial charge in [-0.05, 0) is 36.8 Å². The summed E-state index contributed by atoms with van der Waals surface area (Å²) >= 11 is 0. The molecule has 1 N–H and O–H groups in total. The lowest BCUT2D eigenvalue weighted by Gasteiger charge is -2.22. The lowest BCUT2D eigenvalue weighted by Crippen LogP contribution is -2.38. The molecular formula is C19H24FN3OS. The number of halogens is 1. The number of rotatable bonds is 7. The van der Waals surface area contributed by atoms with Crippen LogP contribution in [0.15, 0.2) is 64.5 Å². The molecule has 0 amide bonds. The van der Waals surface area contributed by atoms with E-state index in [1.807, 2.05) is 55.3 Å². The molecule has 2 rings (SSSR count). The van der Waals surface area contributed by atoms with Gasteiger partial charge in [0.25, 0.3) is 0 Å². The molecule has 4 nitrogen and oxygen atoms in total. The van der Waals surface area contributed by atoms with Gasteiger partial charge in [-0.2, -0.15) is 0 Å². The van der Waals surface area contributed by atoms with Crippen molar-refractivity contribution in [2.75, 3.05) is 25.9 Å². The normalized spacial score (nSPS) is 12.7. The van der Waals surface area contributed by atoms with E-state index in [9.17, 15) is 8.60 Å². The third-order valence-electron chi connectivity index (χ3n) is 3.55. The second-order valence-electron chi connectivity index (χ2n) is 5.58. The molecule has 0 saturated carbocycles. The molecule has 0 aliphatic carbocycles. The number of benzene rings is 2. The van der Waals surface area contributed by atoms with Crippen molar-refractivity contribution in [3.8, 4) is 0 Å². The van der Waals surface area contributed by atoms with Gasteiger partial charge >= 0.3 is 0 Å². The summed E-state index contributed by atoms with van der Waals surface area (Å²) in [6, 6.07) is 15.9. The Balaban J connectivity index is 1.96. The van der Waals surface area contributed by atoms with Crippen LogP contribution in [-0.2, 0) is 17.3 Å². The fourth-order valence-electron chi connectivity index (χ4n) is 2.38. The molecule has 2 aromatic rings. The van der Waals surface area contributed by atoms with Crippen molar-refractivity contribution in [2.45, 2.75) is 18.4 Å². The van der Waals surface area contributed by atoms with Crippen molar-refractivity contribution in [3.05, 3.63) is 66.0 Å². The number of guanidine groups is 1. The summed E-state index contributed by atoms with van der Waals surface area (Å²) in [6.07, 6.45) is 0. The molecule has 134 valence electrons. The molecule has 1 unspecified atom stereocenters. The highest BCUT2D eigenvalue weighted by Crippen LogP contribution is 2.07. The molecule has 0 saturated heterocycles. The van der Waals surface area contributed by atoms with Crippen LogP contribution in [0.5, 0.6) is 0 Å². The highest BCUT2D eigenvalue weighted by atomic mass is 32.2. The average molecular weight is 361 g/mol. The zero-order valence-electron chi connectivity index (χ0n) is 14.6. The Kier molecular flexibility index (Phi) is 7.60. The Hall–Kier alpha value is -2.21. The Labute approximate surface area is 151 Å². The van der Waals surface area contributed by atoms with Crippen LogP contribution in [0.25, 0.3) is 0 Å². The number of hydrogen-bond donors (Lipinski definition) is 1. The van der Waals surface area contributed by atoms with Crippen LogP contribution in [0, 0.1) is 5.82 Å². The maximum Gasteiger partial charge on any atom is 0.193 e. The zero-order chi connectivity index (χ0) is 18.1. The first kappa shape index (κ1) is 19.1. The SMILES string of the molecule is CCNC(=NCCS(=O)c1ccccc1)N(C)Cc1cccc(F)c1. The second kappa shape index (κ2) is 9.93. The summed E-state index contributed by atoms with van der Waals surface area (Å²) in [7, 11) is 0.842. The van der Waals surface area contributed by atoms with Gasteiger partial charge in [0, 0.05) is 30.8 Å². The van der Waals surface area contributed by atoms with Crippen LogP contribution in [0.4, 0.5) is 4.39 Å². The second-order valence-corrected chi connectivity index (χ2v) is 7.16. The predicted molar refractivity (Wildman–Crippen MR) is 102 cm³/mol. The zero-order valence-corrected chi connectivity index (χ0v) is 15.4.